The van der Waals surface area contributed by atoms with Crippen LogP contribution in [0.25, 0.3) is 0 Å². The van der Waals surface area contributed by atoms with Crippen LogP contribution >= 0.6 is 0 Å². The number of benzene rings is 1. The second-order valence-corrected chi connectivity index (χ2v) is 6.74. The van der Waals surface area contributed by atoms with Gasteiger partial charge < -0.3 is 10.2 Å². The normalized spacial score (nSPS) is 32.9. The van der Waals surface area contributed by atoms with E-state index in [1.807, 2.05) is 6.07 Å². The molecular weight excluding hydrogens is 224 g/mol. The minimum atomic E-state index is 0.0577. The highest BCUT2D eigenvalue weighted by atomic mass is 16.3. The van der Waals surface area contributed by atoms with Gasteiger partial charge in [-0.25, -0.2) is 0 Å². The average Bonchev–Trinajstić information content (AvgIpc) is 2.28. The lowest BCUT2D eigenvalue weighted by Gasteiger charge is -2.49. The second-order valence-electron chi connectivity index (χ2n) is 6.74. The average molecular weight is 246 g/mol. The maximum Gasteiger partial charge on any atom is 0.123 e. The van der Waals surface area contributed by atoms with Gasteiger partial charge in [-0.05, 0) is 54.1 Å². The van der Waals surface area contributed by atoms with Gasteiger partial charge in [0.1, 0.15) is 11.5 Å². The molecule has 2 nitrogen and oxygen atoms in total. The monoisotopic (exact) mass is 246 g/mol. The molecule has 0 unspecified atom stereocenters. The van der Waals surface area contributed by atoms with Gasteiger partial charge >= 0.3 is 0 Å². The van der Waals surface area contributed by atoms with Crippen LogP contribution in [0.5, 0.6) is 11.5 Å². The first-order valence-corrected chi connectivity index (χ1v) is 6.97. The Morgan fingerprint density at radius 1 is 1.17 bits per heavy atom. The summed E-state index contributed by atoms with van der Waals surface area (Å²) in [5.74, 6) is 2.24. The van der Waals surface area contributed by atoms with Crippen molar-refractivity contribution in [3.63, 3.8) is 0 Å². The molecule has 98 valence electrons. The number of phenolic OH excluding ortho intramolecular Hbond substituents is 2. The molecule has 0 aliphatic heterocycles. The largest absolute Gasteiger partial charge is 0.508 e. The molecule has 1 saturated carbocycles. The highest BCUT2D eigenvalue weighted by Gasteiger charge is 2.46. The SMILES string of the molecule is C[C@H]1CC[C@H]2C[C@@H]1c1c(O)cc(O)cc1C2(C)C. The standard InChI is InChI=1S/C16H22O2/c1-9-4-5-10-6-12(9)15-13(16(10,2)3)7-11(17)8-14(15)18/h7-10,12,17-18H,4-6H2,1-3H3/t9-,10-,12-/m0/s1. The molecule has 3 atom stereocenters. The van der Waals surface area contributed by atoms with Gasteiger partial charge in [-0.1, -0.05) is 20.8 Å². The molecule has 1 aromatic carbocycles. The Labute approximate surface area is 109 Å². The summed E-state index contributed by atoms with van der Waals surface area (Å²) >= 11 is 0. The number of hydrogen-bond donors (Lipinski definition) is 2. The van der Waals surface area contributed by atoms with E-state index in [4.69, 9.17) is 0 Å². The second kappa shape index (κ2) is 3.66. The maximum atomic E-state index is 10.2. The van der Waals surface area contributed by atoms with Crippen molar-refractivity contribution >= 4 is 0 Å². The van der Waals surface area contributed by atoms with Crippen LogP contribution in [0.2, 0.25) is 0 Å². The fourth-order valence-electron chi connectivity index (χ4n) is 4.15. The van der Waals surface area contributed by atoms with E-state index in [1.165, 1.54) is 25.3 Å². The highest BCUT2D eigenvalue weighted by molar-refractivity contribution is 5.52. The summed E-state index contributed by atoms with van der Waals surface area (Å²) in [5.41, 5.74) is 2.32. The highest BCUT2D eigenvalue weighted by Crippen LogP contribution is 2.57. The van der Waals surface area contributed by atoms with Crippen molar-refractivity contribution in [2.45, 2.75) is 51.4 Å². The molecule has 2 heteroatoms. The van der Waals surface area contributed by atoms with Gasteiger partial charge in [-0.15, -0.1) is 0 Å². The molecule has 18 heavy (non-hydrogen) atoms. The minimum Gasteiger partial charge on any atom is -0.508 e. The fourth-order valence-corrected chi connectivity index (χ4v) is 4.15. The van der Waals surface area contributed by atoms with Crippen LogP contribution in [0.15, 0.2) is 12.1 Å². The zero-order valence-corrected chi connectivity index (χ0v) is 11.4. The molecule has 0 spiro atoms. The first kappa shape index (κ1) is 11.9. The number of hydrogen-bond acceptors (Lipinski definition) is 2. The Kier molecular flexibility index (Phi) is 2.42. The lowest BCUT2D eigenvalue weighted by Crippen LogP contribution is -2.40. The Morgan fingerprint density at radius 2 is 1.89 bits per heavy atom. The Bertz CT molecular complexity index is 490. The first-order valence-electron chi connectivity index (χ1n) is 6.97. The van der Waals surface area contributed by atoms with Crippen LogP contribution in [0.3, 0.4) is 0 Å². The van der Waals surface area contributed by atoms with Crippen LogP contribution in [0.1, 0.15) is 57.1 Å². The molecule has 2 bridgehead atoms. The fraction of sp³-hybridized carbons (Fsp3) is 0.625. The molecule has 0 radical (unpaired) electrons. The first-order chi connectivity index (χ1) is 8.41. The molecule has 1 aromatic rings. The van der Waals surface area contributed by atoms with Gasteiger partial charge in [0.25, 0.3) is 0 Å². The molecule has 1 fully saturated rings. The topological polar surface area (TPSA) is 40.5 Å². The van der Waals surface area contributed by atoms with Crippen molar-refractivity contribution in [2.24, 2.45) is 11.8 Å². The Hall–Kier alpha value is -1.18. The number of aromatic hydroxyl groups is 2. The third kappa shape index (κ3) is 1.47. The molecule has 3 rings (SSSR count). The van der Waals surface area contributed by atoms with Gasteiger partial charge in [0.2, 0.25) is 0 Å². The predicted molar refractivity (Wildman–Crippen MR) is 72.0 cm³/mol. The van der Waals surface area contributed by atoms with Crippen molar-refractivity contribution < 1.29 is 10.2 Å². The van der Waals surface area contributed by atoms with Gasteiger partial charge in [0, 0.05) is 11.6 Å². The molecule has 2 aliphatic rings. The lowest BCUT2D eigenvalue weighted by molar-refractivity contribution is 0.151. The quantitative estimate of drug-likeness (QED) is 0.728. The zero-order valence-electron chi connectivity index (χ0n) is 11.4. The summed E-state index contributed by atoms with van der Waals surface area (Å²) in [4.78, 5) is 0. The maximum absolute atomic E-state index is 10.2. The predicted octanol–water partition coefficient (Wildman–Crippen LogP) is 3.91. The molecule has 0 heterocycles. The van der Waals surface area contributed by atoms with E-state index in [-0.39, 0.29) is 16.9 Å². The summed E-state index contributed by atoms with van der Waals surface area (Å²) in [6.07, 6.45) is 3.69. The van der Waals surface area contributed by atoms with E-state index in [0.717, 1.165) is 11.1 Å². The summed E-state index contributed by atoms with van der Waals surface area (Å²) in [5, 5.41) is 20.0. The smallest absolute Gasteiger partial charge is 0.123 e. The van der Waals surface area contributed by atoms with Crippen molar-refractivity contribution in [3.8, 4) is 11.5 Å². The van der Waals surface area contributed by atoms with Crippen molar-refractivity contribution in [1.82, 2.24) is 0 Å². The summed E-state index contributed by atoms with van der Waals surface area (Å²) in [6.45, 7) is 6.79. The van der Waals surface area contributed by atoms with Gasteiger partial charge in [0.05, 0.1) is 0 Å². The molecule has 0 amide bonds. The Balaban J connectivity index is 2.25. The van der Waals surface area contributed by atoms with E-state index in [2.05, 4.69) is 20.8 Å². The van der Waals surface area contributed by atoms with Crippen LogP contribution in [-0.2, 0) is 5.41 Å². The van der Waals surface area contributed by atoms with E-state index < -0.39 is 0 Å². The minimum absolute atomic E-state index is 0.0577. The summed E-state index contributed by atoms with van der Waals surface area (Å²) < 4.78 is 0. The van der Waals surface area contributed by atoms with E-state index >= 15 is 0 Å². The molecule has 0 saturated heterocycles. The van der Waals surface area contributed by atoms with Gasteiger partial charge in [-0.2, -0.15) is 0 Å². The van der Waals surface area contributed by atoms with Crippen LogP contribution in [0.4, 0.5) is 0 Å². The lowest BCUT2D eigenvalue weighted by atomic mass is 9.55. The molecule has 2 N–H and O–H groups in total. The van der Waals surface area contributed by atoms with Crippen LogP contribution < -0.4 is 0 Å². The van der Waals surface area contributed by atoms with E-state index in [1.54, 1.807) is 0 Å². The van der Waals surface area contributed by atoms with Crippen LogP contribution in [-0.4, -0.2) is 10.2 Å². The van der Waals surface area contributed by atoms with Crippen molar-refractivity contribution in [1.29, 1.82) is 0 Å². The van der Waals surface area contributed by atoms with Gasteiger partial charge in [-0.3, -0.25) is 0 Å². The number of phenols is 2. The van der Waals surface area contributed by atoms with E-state index in [0.29, 0.717) is 17.8 Å². The molecule has 2 aliphatic carbocycles. The van der Waals surface area contributed by atoms with Crippen LogP contribution in [0, 0.1) is 11.8 Å². The number of fused-ring (bicyclic) bond motifs is 4. The van der Waals surface area contributed by atoms with Gasteiger partial charge in [0.15, 0.2) is 0 Å². The summed E-state index contributed by atoms with van der Waals surface area (Å²) in [7, 11) is 0. The number of rotatable bonds is 0. The Morgan fingerprint density at radius 3 is 2.61 bits per heavy atom. The third-order valence-corrected chi connectivity index (χ3v) is 5.42. The third-order valence-electron chi connectivity index (χ3n) is 5.42. The zero-order chi connectivity index (χ0) is 13.1. The molecule has 0 aromatic heterocycles. The molecular formula is C16H22O2. The summed E-state index contributed by atoms with van der Waals surface area (Å²) in [6, 6.07) is 3.36. The van der Waals surface area contributed by atoms with E-state index in [9.17, 15) is 10.2 Å². The van der Waals surface area contributed by atoms with Crippen molar-refractivity contribution in [3.05, 3.63) is 23.3 Å². The van der Waals surface area contributed by atoms with Crippen molar-refractivity contribution in [2.75, 3.05) is 0 Å².